The smallest absolute Gasteiger partial charge is 0.138 e. The van der Waals surface area contributed by atoms with Crippen LogP contribution in [0.3, 0.4) is 0 Å². The Morgan fingerprint density at radius 2 is 2.13 bits per heavy atom. The average molecular weight is 220 g/mol. The Labute approximate surface area is 91.8 Å². The first-order valence-corrected chi connectivity index (χ1v) is 4.89. The van der Waals surface area contributed by atoms with Crippen LogP contribution in [0.15, 0.2) is 30.5 Å². The molecule has 0 saturated heterocycles. The number of nitrogens with one attached hydrogen (secondary N) is 1. The number of aromatic amines is 1. The first-order chi connectivity index (χ1) is 7.16. The van der Waals surface area contributed by atoms with Crippen LogP contribution in [0.4, 0.5) is 4.39 Å². The molecule has 1 heterocycles. The predicted octanol–water partition coefficient (Wildman–Crippen LogP) is 3.25. The van der Waals surface area contributed by atoms with Gasteiger partial charge < -0.3 is 4.98 Å². The van der Waals surface area contributed by atoms with Crippen molar-refractivity contribution >= 4 is 12.2 Å². The fraction of sp³-hybridized carbons (Fsp3) is 0.0909. The van der Waals surface area contributed by atoms with E-state index in [9.17, 15) is 4.39 Å². The number of nitrogens with zero attached hydrogens (tertiary/aromatic N) is 1. The van der Waals surface area contributed by atoms with Crippen molar-refractivity contribution in [2.45, 2.75) is 6.92 Å². The van der Waals surface area contributed by atoms with Gasteiger partial charge in [0, 0.05) is 11.8 Å². The fourth-order valence-electron chi connectivity index (χ4n) is 1.31. The number of halogens is 1. The van der Waals surface area contributed by atoms with E-state index >= 15 is 0 Å². The summed E-state index contributed by atoms with van der Waals surface area (Å²) in [7, 11) is 0. The highest BCUT2D eigenvalue weighted by Gasteiger charge is 2.02. The van der Waals surface area contributed by atoms with Crippen LogP contribution in [-0.2, 0) is 0 Å². The molecule has 76 valence electrons. The van der Waals surface area contributed by atoms with Gasteiger partial charge in [0.1, 0.15) is 16.3 Å². The molecule has 2 rings (SSSR count). The lowest BCUT2D eigenvalue weighted by atomic mass is 10.1. The molecule has 0 fully saturated rings. The van der Waals surface area contributed by atoms with E-state index in [1.165, 1.54) is 6.07 Å². The molecule has 0 aliphatic heterocycles. The zero-order valence-electron chi connectivity index (χ0n) is 8.12. The molecule has 2 aromatic rings. The summed E-state index contributed by atoms with van der Waals surface area (Å²) >= 11 is 4.99. The number of H-pyrrole nitrogens is 1. The molecule has 0 aliphatic carbocycles. The van der Waals surface area contributed by atoms with Gasteiger partial charge in [0.2, 0.25) is 0 Å². The number of rotatable bonds is 1. The van der Waals surface area contributed by atoms with Crippen LogP contribution in [0.1, 0.15) is 5.56 Å². The quantitative estimate of drug-likeness (QED) is 0.747. The third-order valence-corrected chi connectivity index (χ3v) is 2.34. The fourth-order valence-corrected chi connectivity index (χ4v) is 1.47. The van der Waals surface area contributed by atoms with E-state index in [4.69, 9.17) is 12.2 Å². The van der Waals surface area contributed by atoms with Gasteiger partial charge in [-0.3, -0.25) is 0 Å². The molecule has 4 heteroatoms. The lowest BCUT2D eigenvalue weighted by molar-refractivity contribution is 0.618. The highest BCUT2D eigenvalue weighted by Crippen LogP contribution is 2.17. The Bertz CT molecular complexity index is 548. The average Bonchev–Trinajstić information content (AvgIpc) is 2.22. The summed E-state index contributed by atoms with van der Waals surface area (Å²) < 4.78 is 13.7. The maximum atomic E-state index is 13.0. The second kappa shape index (κ2) is 3.90. The Morgan fingerprint density at radius 1 is 1.33 bits per heavy atom. The highest BCUT2D eigenvalue weighted by molar-refractivity contribution is 7.71. The molecule has 0 saturated carbocycles. The van der Waals surface area contributed by atoms with Crippen LogP contribution in [0.2, 0.25) is 0 Å². The summed E-state index contributed by atoms with van der Waals surface area (Å²) in [6.07, 6.45) is 1.63. The normalized spacial score (nSPS) is 10.3. The second-order valence-electron chi connectivity index (χ2n) is 3.25. The molecule has 0 bridgehead atoms. The molecule has 1 aromatic heterocycles. The number of hydrogen-bond donors (Lipinski definition) is 1. The van der Waals surface area contributed by atoms with Gasteiger partial charge in [-0.2, -0.15) is 0 Å². The van der Waals surface area contributed by atoms with Crippen LogP contribution in [-0.4, -0.2) is 9.97 Å². The number of aromatic nitrogens is 2. The molecule has 1 aromatic carbocycles. The van der Waals surface area contributed by atoms with Crippen molar-refractivity contribution in [3.05, 3.63) is 46.5 Å². The van der Waals surface area contributed by atoms with Crippen molar-refractivity contribution in [1.29, 1.82) is 0 Å². The number of hydrogen-bond acceptors (Lipinski definition) is 2. The van der Waals surface area contributed by atoms with Crippen molar-refractivity contribution in [3.8, 4) is 11.4 Å². The van der Waals surface area contributed by atoms with Gasteiger partial charge in [0.05, 0.1) is 0 Å². The van der Waals surface area contributed by atoms with Crippen LogP contribution in [0.5, 0.6) is 0 Å². The molecular weight excluding hydrogens is 211 g/mol. The van der Waals surface area contributed by atoms with Gasteiger partial charge in [-0.25, -0.2) is 9.37 Å². The van der Waals surface area contributed by atoms with Crippen LogP contribution in [0.25, 0.3) is 11.4 Å². The summed E-state index contributed by atoms with van der Waals surface area (Å²) in [6, 6.07) is 6.55. The minimum Gasteiger partial charge on any atom is -0.331 e. The van der Waals surface area contributed by atoms with E-state index < -0.39 is 0 Å². The van der Waals surface area contributed by atoms with E-state index in [2.05, 4.69) is 9.97 Å². The molecule has 2 nitrogen and oxygen atoms in total. The third kappa shape index (κ3) is 2.10. The summed E-state index contributed by atoms with van der Waals surface area (Å²) in [5, 5.41) is 0. The SMILES string of the molecule is Cc1cc(-c2nccc(=S)[nH]2)ccc1F. The maximum Gasteiger partial charge on any atom is 0.138 e. The van der Waals surface area contributed by atoms with Crippen LogP contribution >= 0.6 is 12.2 Å². The first kappa shape index (κ1) is 9.98. The van der Waals surface area contributed by atoms with Gasteiger partial charge in [-0.15, -0.1) is 0 Å². The summed E-state index contributed by atoms with van der Waals surface area (Å²) in [5.74, 6) is 0.443. The first-order valence-electron chi connectivity index (χ1n) is 4.48. The number of aryl methyl sites for hydroxylation is 1. The number of benzene rings is 1. The molecule has 15 heavy (non-hydrogen) atoms. The largest absolute Gasteiger partial charge is 0.331 e. The summed E-state index contributed by atoms with van der Waals surface area (Å²) in [4.78, 5) is 7.09. The van der Waals surface area contributed by atoms with Crippen LogP contribution < -0.4 is 0 Å². The van der Waals surface area contributed by atoms with Gasteiger partial charge in [-0.1, -0.05) is 12.2 Å². The summed E-state index contributed by atoms with van der Waals surface area (Å²) in [6.45, 7) is 1.72. The molecule has 0 spiro atoms. The lowest BCUT2D eigenvalue weighted by Gasteiger charge is -2.02. The van der Waals surface area contributed by atoms with Crippen LogP contribution in [0, 0.1) is 17.4 Å². The Kier molecular flexibility index (Phi) is 2.60. The Balaban J connectivity index is 2.55. The van der Waals surface area contributed by atoms with Crippen molar-refractivity contribution in [3.63, 3.8) is 0 Å². The van der Waals surface area contributed by atoms with Crippen molar-refractivity contribution in [2.24, 2.45) is 0 Å². The van der Waals surface area contributed by atoms with Gasteiger partial charge in [0.15, 0.2) is 0 Å². The Morgan fingerprint density at radius 3 is 2.80 bits per heavy atom. The van der Waals surface area contributed by atoms with E-state index in [-0.39, 0.29) is 5.82 Å². The molecule has 0 unspecified atom stereocenters. The molecule has 0 aliphatic rings. The third-order valence-electron chi connectivity index (χ3n) is 2.10. The van der Waals surface area contributed by atoms with Gasteiger partial charge in [0.25, 0.3) is 0 Å². The van der Waals surface area contributed by atoms with E-state index in [0.717, 1.165) is 5.56 Å². The Hall–Kier alpha value is -1.55. The van der Waals surface area contributed by atoms with E-state index in [0.29, 0.717) is 16.0 Å². The van der Waals surface area contributed by atoms with Crippen molar-refractivity contribution < 1.29 is 4.39 Å². The minimum atomic E-state index is -0.215. The zero-order valence-corrected chi connectivity index (χ0v) is 8.94. The van der Waals surface area contributed by atoms with Crippen molar-refractivity contribution in [2.75, 3.05) is 0 Å². The second-order valence-corrected chi connectivity index (χ2v) is 3.69. The molecule has 0 radical (unpaired) electrons. The lowest BCUT2D eigenvalue weighted by Crippen LogP contribution is -1.90. The monoisotopic (exact) mass is 220 g/mol. The minimum absolute atomic E-state index is 0.215. The standard InChI is InChI=1S/C11H9FN2S/c1-7-6-8(2-3-9(7)12)11-13-5-4-10(15)14-11/h2-6H,1H3,(H,13,14,15). The van der Waals surface area contributed by atoms with E-state index in [1.54, 1.807) is 31.3 Å². The molecule has 1 N–H and O–H groups in total. The topological polar surface area (TPSA) is 28.7 Å². The maximum absolute atomic E-state index is 13.0. The molecule has 0 atom stereocenters. The highest BCUT2D eigenvalue weighted by atomic mass is 32.1. The molecule has 0 amide bonds. The van der Waals surface area contributed by atoms with E-state index in [1.807, 2.05) is 0 Å². The summed E-state index contributed by atoms with van der Waals surface area (Å²) in [5.41, 5.74) is 1.43. The zero-order chi connectivity index (χ0) is 10.8. The van der Waals surface area contributed by atoms with Crippen molar-refractivity contribution in [1.82, 2.24) is 9.97 Å². The van der Waals surface area contributed by atoms with Gasteiger partial charge in [-0.05, 0) is 36.8 Å². The predicted molar refractivity (Wildman–Crippen MR) is 59.6 cm³/mol. The van der Waals surface area contributed by atoms with Gasteiger partial charge >= 0.3 is 0 Å². The molecular formula is C11H9FN2S.